The van der Waals surface area contributed by atoms with Crippen LogP contribution >= 0.6 is 24.0 Å². The maximum absolute atomic E-state index is 12.5. The predicted octanol–water partition coefficient (Wildman–Crippen LogP) is 4.14. The van der Waals surface area contributed by atoms with E-state index in [-0.39, 0.29) is 24.0 Å². The van der Waals surface area contributed by atoms with Gasteiger partial charge in [0.15, 0.2) is 0 Å². The van der Waals surface area contributed by atoms with Crippen molar-refractivity contribution in [1.82, 2.24) is 4.90 Å². The Morgan fingerprint density at radius 1 is 1.28 bits per heavy atom. The maximum atomic E-state index is 12.5. The van der Waals surface area contributed by atoms with Crippen LogP contribution in [0.1, 0.15) is 45.7 Å². The molecule has 1 heterocycles. The molecule has 1 aromatic rings. The lowest BCUT2D eigenvalue weighted by Crippen LogP contribution is -2.35. The number of esters is 1. The van der Waals surface area contributed by atoms with E-state index in [0.717, 1.165) is 5.56 Å². The van der Waals surface area contributed by atoms with Gasteiger partial charge in [-0.15, -0.1) is 0 Å². The standard InChI is InChI=1S/C19H23NO3S2/c1-12(2)23-16(21)11-20-17(22)15(25-18(20)24)10-13-6-8-14(9-7-13)19(3,4)5/h6-10,12H,11H2,1-5H3. The van der Waals surface area contributed by atoms with E-state index in [1.165, 1.54) is 22.2 Å². The Balaban J connectivity index is 2.13. The summed E-state index contributed by atoms with van der Waals surface area (Å²) in [5, 5.41) is 0. The minimum Gasteiger partial charge on any atom is -0.462 e. The Bertz CT molecular complexity index is 715. The average Bonchev–Trinajstić information content (AvgIpc) is 2.74. The smallest absolute Gasteiger partial charge is 0.326 e. The summed E-state index contributed by atoms with van der Waals surface area (Å²) in [6, 6.07) is 8.10. The molecule has 6 heteroatoms. The van der Waals surface area contributed by atoms with Crippen molar-refractivity contribution in [2.75, 3.05) is 6.54 Å². The molecular weight excluding hydrogens is 354 g/mol. The normalized spacial score (nSPS) is 16.9. The van der Waals surface area contributed by atoms with Gasteiger partial charge in [-0.1, -0.05) is 69.0 Å². The van der Waals surface area contributed by atoms with E-state index in [9.17, 15) is 9.59 Å². The van der Waals surface area contributed by atoms with Crippen LogP contribution in [0.3, 0.4) is 0 Å². The van der Waals surface area contributed by atoms with Crippen LogP contribution in [0.25, 0.3) is 6.08 Å². The Labute approximate surface area is 158 Å². The van der Waals surface area contributed by atoms with Crippen molar-refractivity contribution in [2.24, 2.45) is 0 Å². The molecule has 1 saturated heterocycles. The topological polar surface area (TPSA) is 46.6 Å². The summed E-state index contributed by atoms with van der Waals surface area (Å²) in [5.74, 6) is -0.710. The van der Waals surface area contributed by atoms with Crippen LogP contribution in [0, 0.1) is 0 Å². The van der Waals surface area contributed by atoms with Crippen molar-refractivity contribution in [3.05, 3.63) is 40.3 Å². The van der Waals surface area contributed by atoms with Crippen molar-refractivity contribution >= 4 is 46.3 Å². The molecule has 0 radical (unpaired) electrons. The van der Waals surface area contributed by atoms with Crippen molar-refractivity contribution in [2.45, 2.75) is 46.1 Å². The summed E-state index contributed by atoms with van der Waals surface area (Å²) < 4.78 is 5.46. The van der Waals surface area contributed by atoms with E-state index in [1.807, 2.05) is 12.1 Å². The van der Waals surface area contributed by atoms with Gasteiger partial charge in [-0.05, 0) is 36.5 Å². The van der Waals surface area contributed by atoms with Gasteiger partial charge in [0.05, 0.1) is 11.0 Å². The molecule has 1 aromatic carbocycles. The number of rotatable bonds is 4. The third-order valence-electron chi connectivity index (χ3n) is 3.60. The highest BCUT2D eigenvalue weighted by atomic mass is 32.2. The van der Waals surface area contributed by atoms with Crippen LogP contribution in [0.2, 0.25) is 0 Å². The maximum Gasteiger partial charge on any atom is 0.326 e. The van der Waals surface area contributed by atoms with Gasteiger partial charge in [0, 0.05) is 0 Å². The van der Waals surface area contributed by atoms with Crippen LogP contribution in [-0.2, 0) is 19.7 Å². The average molecular weight is 378 g/mol. The third-order valence-corrected chi connectivity index (χ3v) is 4.98. The number of nitrogens with zero attached hydrogens (tertiary/aromatic N) is 1. The SMILES string of the molecule is CC(C)OC(=O)CN1C(=O)C(=Cc2ccc(C(C)(C)C)cc2)SC1=S. The van der Waals surface area contributed by atoms with Crippen molar-refractivity contribution in [3.63, 3.8) is 0 Å². The van der Waals surface area contributed by atoms with Gasteiger partial charge in [-0.3, -0.25) is 14.5 Å². The number of hydrogen-bond acceptors (Lipinski definition) is 5. The number of ether oxygens (including phenoxy) is 1. The molecule has 4 nitrogen and oxygen atoms in total. The number of carbonyl (C=O) groups excluding carboxylic acids is 2. The quantitative estimate of drug-likeness (QED) is 0.448. The van der Waals surface area contributed by atoms with Gasteiger partial charge in [0.1, 0.15) is 10.9 Å². The largest absolute Gasteiger partial charge is 0.462 e. The molecule has 1 fully saturated rings. The van der Waals surface area contributed by atoms with Crippen LogP contribution in [0.5, 0.6) is 0 Å². The zero-order valence-electron chi connectivity index (χ0n) is 15.2. The van der Waals surface area contributed by atoms with Crippen LogP contribution in [-0.4, -0.2) is 33.7 Å². The number of thioether (sulfide) groups is 1. The van der Waals surface area contributed by atoms with Gasteiger partial charge < -0.3 is 4.74 Å². The molecule has 1 amide bonds. The summed E-state index contributed by atoms with van der Waals surface area (Å²) in [7, 11) is 0. The lowest BCUT2D eigenvalue weighted by molar-refractivity contribution is -0.149. The van der Waals surface area contributed by atoms with E-state index in [0.29, 0.717) is 9.23 Å². The molecule has 1 aliphatic rings. The van der Waals surface area contributed by atoms with Crippen molar-refractivity contribution in [1.29, 1.82) is 0 Å². The molecule has 134 valence electrons. The monoisotopic (exact) mass is 377 g/mol. The van der Waals surface area contributed by atoms with E-state index in [2.05, 4.69) is 32.9 Å². The third kappa shape index (κ3) is 5.16. The molecule has 1 aliphatic heterocycles. The minimum atomic E-state index is -0.456. The molecule has 0 saturated carbocycles. The number of hydrogen-bond donors (Lipinski definition) is 0. The molecule has 0 atom stereocenters. The predicted molar refractivity (Wildman–Crippen MR) is 106 cm³/mol. The fourth-order valence-corrected chi connectivity index (χ4v) is 3.55. The van der Waals surface area contributed by atoms with Crippen LogP contribution < -0.4 is 0 Å². The summed E-state index contributed by atoms with van der Waals surface area (Å²) in [6.07, 6.45) is 1.59. The number of amides is 1. The summed E-state index contributed by atoms with van der Waals surface area (Å²) in [4.78, 5) is 26.1. The minimum absolute atomic E-state index is 0.0821. The lowest BCUT2D eigenvalue weighted by atomic mass is 9.87. The zero-order valence-corrected chi connectivity index (χ0v) is 16.8. The number of benzene rings is 1. The fraction of sp³-hybridized carbons (Fsp3) is 0.421. The summed E-state index contributed by atoms with van der Waals surface area (Å²) in [5.41, 5.74) is 2.24. The van der Waals surface area contributed by atoms with E-state index < -0.39 is 5.97 Å². The van der Waals surface area contributed by atoms with E-state index in [4.69, 9.17) is 17.0 Å². The second-order valence-corrected chi connectivity index (χ2v) is 8.85. The molecule has 25 heavy (non-hydrogen) atoms. The second kappa shape index (κ2) is 7.70. The molecule has 0 aromatic heterocycles. The van der Waals surface area contributed by atoms with Crippen molar-refractivity contribution < 1.29 is 14.3 Å². The number of thiocarbonyl (C=S) groups is 1. The molecule has 0 N–H and O–H groups in total. The van der Waals surface area contributed by atoms with Gasteiger partial charge in [-0.25, -0.2) is 0 Å². The van der Waals surface area contributed by atoms with Gasteiger partial charge >= 0.3 is 5.97 Å². The molecule has 0 spiro atoms. The van der Waals surface area contributed by atoms with Gasteiger partial charge in [0.2, 0.25) is 0 Å². The second-order valence-electron chi connectivity index (χ2n) is 7.18. The Kier molecular flexibility index (Phi) is 6.06. The first kappa shape index (κ1) is 19.7. The highest BCUT2D eigenvalue weighted by Gasteiger charge is 2.33. The van der Waals surface area contributed by atoms with E-state index in [1.54, 1.807) is 19.9 Å². The van der Waals surface area contributed by atoms with Crippen molar-refractivity contribution in [3.8, 4) is 0 Å². The summed E-state index contributed by atoms with van der Waals surface area (Å²) >= 11 is 6.44. The van der Waals surface area contributed by atoms with Crippen LogP contribution in [0.15, 0.2) is 29.2 Å². The first-order chi connectivity index (χ1) is 11.6. The molecule has 0 unspecified atom stereocenters. The Morgan fingerprint density at radius 2 is 1.88 bits per heavy atom. The fourth-order valence-electron chi connectivity index (χ4n) is 2.30. The summed E-state index contributed by atoms with van der Waals surface area (Å²) in [6.45, 7) is 9.85. The molecular formula is C19H23NO3S2. The van der Waals surface area contributed by atoms with Gasteiger partial charge in [0.25, 0.3) is 5.91 Å². The first-order valence-electron chi connectivity index (χ1n) is 8.13. The van der Waals surface area contributed by atoms with E-state index >= 15 is 0 Å². The molecule has 0 aliphatic carbocycles. The Hall–Kier alpha value is -1.66. The first-order valence-corrected chi connectivity index (χ1v) is 9.36. The van der Waals surface area contributed by atoms with Crippen LogP contribution in [0.4, 0.5) is 0 Å². The highest BCUT2D eigenvalue weighted by Crippen LogP contribution is 2.33. The highest BCUT2D eigenvalue weighted by molar-refractivity contribution is 8.26. The lowest BCUT2D eigenvalue weighted by Gasteiger charge is -2.18. The zero-order chi connectivity index (χ0) is 18.8. The Morgan fingerprint density at radius 3 is 2.40 bits per heavy atom. The molecule has 0 bridgehead atoms. The number of carbonyl (C=O) groups is 2. The molecule has 2 rings (SSSR count). The van der Waals surface area contributed by atoms with Gasteiger partial charge in [-0.2, -0.15) is 0 Å².